The molecule has 0 saturated carbocycles. The minimum Gasteiger partial charge on any atom is -0.484 e. The van der Waals surface area contributed by atoms with Crippen LogP contribution >= 0.6 is 12.4 Å². The summed E-state index contributed by atoms with van der Waals surface area (Å²) in [5, 5.41) is 12.5. The van der Waals surface area contributed by atoms with Crippen LogP contribution in [0, 0.1) is 0 Å². The number of likely N-dealkylation sites (N-methyl/N-ethyl adjacent to an activating group) is 2. The Balaban J connectivity index is 0.00000338. The lowest BCUT2D eigenvalue weighted by molar-refractivity contribution is -0.123. The third-order valence-electron chi connectivity index (χ3n) is 3.47. The van der Waals surface area contributed by atoms with E-state index in [4.69, 9.17) is 4.74 Å². The molecule has 0 radical (unpaired) electrons. The monoisotopic (exact) mass is 381 g/mol. The summed E-state index contributed by atoms with van der Waals surface area (Å²) >= 11 is 0. The van der Waals surface area contributed by atoms with Gasteiger partial charge in [0.25, 0.3) is 5.91 Å². The second kappa shape index (κ2) is 10.4. The SMILES string of the molecule is CCNC(=O)COc1ccc(NC(=O)C(NC)c2cnn(C)c2)cc1.Cl. The highest BCUT2D eigenvalue weighted by Gasteiger charge is 2.20. The predicted octanol–water partition coefficient (Wildman–Crippen LogP) is 1.26. The van der Waals surface area contributed by atoms with Crippen molar-refractivity contribution in [3.8, 4) is 5.75 Å². The van der Waals surface area contributed by atoms with Crippen LogP contribution in [0.4, 0.5) is 5.69 Å². The Morgan fingerprint density at radius 3 is 2.50 bits per heavy atom. The molecule has 0 aliphatic heterocycles. The summed E-state index contributed by atoms with van der Waals surface area (Å²) in [6.07, 6.45) is 3.44. The Labute approximate surface area is 158 Å². The van der Waals surface area contributed by atoms with Crippen molar-refractivity contribution in [2.24, 2.45) is 7.05 Å². The minimum absolute atomic E-state index is 0. The molecule has 1 unspecified atom stereocenters. The fourth-order valence-corrected chi connectivity index (χ4v) is 2.28. The lowest BCUT2D eigenvalue weighted by Gasteiger charge is -2.15. The first-order valence-electron chi connectivity index (χ1n) is 7.99. The molecule has 1 atom stereocenters. The highest BCUT2D eigenvalue weighted by atomic mass is 35.5. The Hall–Kier alpha value is -2.58. The van der Waals surface area contributed by atoms with Crippen LogP contribution in [0.2, 0.25) is 0 Å². The summed E-state index contributed by atoms with van der Waals surface area (Å²) in [5.41, 5.74) is 1.42. The standard InChI is InChI=1S/C17H23N5O3.ClH/c1-4-19-15(23)11-25-14-7-5-13(6-8-14)21-17(24)16(18-2)12-9-20-22(3)10-12;/h5-10,16,18H,4,11H2,1-3H3,(H,19,23)(H,21,24);1H. The maximum absolute atomic E-state index is 12.4. The van der Waals surface area contributed by atoms with Crippen LogP contribution in [-0.2, 0) is 16.6 Å². The molecule has 1 aromatic heterocycles. The van der Waals surface area contributed by atoms with Crippen molar-refractivity contribution in [1.29, 1.82) is 0 Å². The van der Waals surface area contributed by atoms with Crippen LogP contribution < -0.4 is 20.7 Å². The topological polar surface area (TPSA) is 97.3 Å². The molecular weight excluding hydrogens is 358 g/mol. The quantitative estimate of drug-likeness (QED) is 0.639. The van der Waals surface area contributed by atoms with E-state index in [0.29, 0.717) is 18.0 Å². The van der Waals surface area contributed by atoms with Crippen molar-refractivity contribution in [2.45, 2.75) is 13.0 Å². The van der Waals surface area contributed by atoms with Gasteiger partial charge in [-0.15, -0.1) is 12.4 Å². The smallest absolute Gasteiger partial charge is 0.257 e. The third kappa shape index (κ3) is 6.05. The van der Waals surface area contributed by atoms with Crippen molar-refractivity contribution in [2.75, 3.05) is 25.5 Å². The van der Waals surface area contributed by atoms with E-state index in [1.807, 2.05) is 6.92 Å². The number of ether oxygens (including phenoxy) is 1. The maximum atomic E-state index is 12.4. The third-order valence-corrected chi connectivity index (χ3v) is 3.47. The van der Waals surface area contributed by atoms with E-state index in [2.05, 4.69) is 21.0 Å². The van der Waals surface area contributed by atoms with Crippen molar-refractivity contribution < 1.29 is 14.3 Å². The van der Waals surface area contributed by atoms with E-state index >= 15 is 0 Å². The number of carbonyl (C=O) groups is 2. The van der Waals surface area contributed by atoms with Gasteiger partial charge >= 0.3 is 0 Å². The van der Waals surface area contributed by atoms with E-state index < -0.39 is 6.04 Å². The largest absolute Gasteiger partial charge is 0.484 e. The number of hydrogen-bond acceptors (Lipinski definition) is 5. The van der Waals surface area contributed by atoms with Crippen LogP contribution in [-0.4, -0.2) is 41.8 Å². The summed E-state index contributed by atoms with van der Waals surface area (Å²) in [6, 6.07) is 6.35. The van der Waals surface area contributed by atoms with E-state index in [-0.39, 0.29) is 30.8 Å². The molecule has 1 heterocycles. The number of hydrogen-bond donors (Lipinski definition) is 3. The summed E-state index contributed by atoms with van der Waals surface area (Å²) < 4.78 is 7.02. The van der Waals surface area contributed by atoms with Gasteiger partial charge in [-0.05, 0) is 38.2 Å². The number of aromatic nitrogens is 2. The van der Waals surface area contributed by atoms with Crippen LogP contribution in [0.3, 0.4) is 0 Å². The summed E-state index contributed by atoms with van der Waals surface area (Å²) in [4.78, 5) is 23.8. The summed E-state index contributed by atoms with van der Waals surface area (Å²) in [5.74, 6) is 0.196. The second-order valence-corrected chi connectivity index (χ2v) is 5.42. The fourth-order valence-electron chi connectivity index (χ4n) is 2.28. The van der Waals surface area contributed by atoms with Crippen molar-refractivity contribution in [3.05, 3.63) is 42.2 Å². The van der Waals surface area contributed by atoms with Crippen LogP contribution in [0.15, 0.2) is 36.7 Å². The fraction of sp³-hybridized carbons (Fsp3) is 0.353. The Bertz CT molecular complexity index is 717. The van der Waals surface area contributed by atoms with E-state index in [1.54, 1.807) is 55.4 Å². The highest BCUT2D eigenvalue weighted by Crippen LogP contribution is 2.18. The number of rotatable bonds is 8. The molecule has 26 heavy (non-hydrogen) atoms. The number of halogens is 1. The van der Waals surface area contributed by atoms with E-state index in [0.717, 1.165) is 5.56 Å². The van der Waals surface area contributed by atoms with Gasteiger partial charge in [0.1, 0.15) is 11.8 Å². The molecule has 0 aliphatic carbocycles. The van der Waals surface area contributed by atoms with Gasteiger partial charge in [0.15, 0.2) is 6.61 Å². The number of carbonyl (C=O) groups excluding carboxylic acids is 2. The number of nitrogens with one attached hydrogen (secondary N) is 3. The summed E-state index contributed by atoms with van der Waals surface area (Å²) in [6.45, 7) is 2.37. The molecule has 1 aromatic carbocycles. The molecule has 0 aliphatic rings. The first-order valence-corrected chi connectivity index (χ1v) is 7.99. The second-order valence-electron chi connectivity index (χ2n) is 5.42. The zero-order chi connectivity index (χ0) is 18.2. The number of amides is 2. The Morgan fingerprint density at radius 2 is 1.96 bits per heavy atom. The average Bonchev–Trinajstić information content (AvgIpc) is 3.01. The number of benzene rings is 1. The van der Waals surface area contributed by atoms with Gasteiger partial charge in [-0.25, -0.2) is 0 Å². The van der Waals surface area contributed by atoms with E-state index in [9.17, 15) is 9.59 Å². The Morgan fingerprint density at radius 1 is 1.27 bits per heavy atom. The van der Waals surface area contributed by atoms with Gasteiger partial charge < -0.3 is 20.7 Å². The van der Waals surface area contributed by atoms with E-state index in [1.165, 1.54) is 0 Å². The molecule has 0 fully saturated rings. The molecule has 8 nitrogen and oxygen atoms in total. The number of nitrogens with zero attached hydrogens (tertiary/aromatic N) is 2. The van der Waals surface area contributed by atoms with Crippen molar-refractivity contribution in [1.82, 2.24) is 20.4 Å². The zero-order valence-corrected chi connectivity index (χ0v) is 15.8. The zero-order valence-electron chi connectivity index (χ0n) is 15.0. The van der Waals surface area contributed by atoms with Gasteiger partial charge in [0.2, 0.25) is 5.91 Å². The molecule has 2 aromatic rings. The minimum atomic E-state index is -0.498. The molecule has 142 valence electrons. The average molecular weight is 382 g/mol. The van der Waals surface area contributed by atoms with Crippen LogP contribution in [0.25, 0.3) is 0 Å². The van der Waals surface area contributed by atoms with Gasteiger partial charge in [-0.3, -0.25) is 14.3 Å². The molecule has 0 saturated heterocycles. The Kier molecular flexibility index (Phi) is 8.60. The molecule has 9 heteroatoms. The lowest BCUT2D eigenvalue weighted by atomic mass is 10.1. The molecule has 2 amide bonds. The van der Waals surface area contributed by atoms with Crippen LogP contribution in [0.1, 0.15) is 18.5 Å². The number of anilines is 1. The first kappa shape index (κ1) is 21.5. The molecule has 2 rings (SSSR count). The molecule has 0 spiro atoms. The van der Waals surface area contributed by atoms with Crippen LogP contribution in [0.5, 0.6) is 5.75 Å². The predicted molar refractivity (Wildman–Crippen MR) is 102 cm³/mol. The van der Waals surface area contributed by atoms with Gasteiger partial charge in [0, 0.05) is 31.0 Å². The summed E-state index contributed by atoms with van der Waals surface area (Å²) in [7, 11) is 3.52. The molecule has 3 N–H and O–H groups in total. The van der Waals surface area contributed by atoms with Gasteiger partial charge in [0.05, 0.1) is 6.20 Å². The van der Waals surface area contributed by atoms with Crippen molar-refractivity contribution >= 4 is 29.9 Å². The van der Waals surface area contributed by atoms with Gasteiger partial charge in [-0.1, -0.05) is 0 Å². The molecule has 0 bridgehead atoms. The van der Waals surface area contributed by atoms with Crippen molar-refractivity contribution in [3.63, 3.8) is 0 Å². The maximum Gasteiger partial charge on any atom is 0.257 e. The number of aryl methyl sites for hydroxylation is 1. The highest BCUT2D eigenvalue weighted by molar-refractivity contribution is 5.95. The lowest BCUT2D eigenvalue weighted by Crippen LogP contribution is -2.30. The first-order chi connectivity index (χ1) is 12.0. The molecular formula is C17H24ClN5O3. The normalized spacial score (nSPS) is 11.2. The van der Waals surface area contributed by atoms with Gasteiger partial charge in [-0.2, -0.15) is 5.10 Å².